The Kier molecular flexibility index (Phi) is 6.02. The molecule has 1 aliphatic carbocycles. The van der Waals surface area contributed by atoms with E-state index >= 15 is 0 Å². The maximum absolute atomic E-state index is 13.2. The minimum atomic E-state index is -0.338. The van der Waals surface area contributed by atoms with E-state index in [0.29, 0.717) is 17.2 Å². The molecule has 1 N–H and O–H groups in total. The number of hydrogen-bond donors (Lipinski definition) is 1. The number of fused-ring (bicyclic) bond motifs is 1. The summed E-state index contributed by atoms with van der Waals surface area (Å²) in [5, 5.41) is 3.09. The number of amides is 2. The van der Waals surface area contributed by atoms with Crippen molar-refractivity contribution in [2.45, 2.75) is 38.1 Å². The number of nitrogens with one attached hydrogen (secondary N) is 1. The van der Waals surface area contributed by atoms with Gasteiger partial charge in [-0.05, 0) is 48.7 Å². The highest BCUT2D eigenvalue weighted by molar-refractivity contribution is 6.12. The Hall–Kier alpha value is -3.28. The highest BCUT2D eigenvalue weighted by Crippen LogP contribution is 2.35. The molecule has 6 heteroatoms. The van der Waals surface area contributed by atoms with Crippen molar-refractivity contribution in [3.8, 4) is 11.5 Å². The lowest BCUT2D eigenvalue weighted by molar-refractivity contribution is -0.124. The fourth-order valence-corrected chi connectivity index (χ4v) is 3.97. The predicted molar refractivity (Wildman–Crippen MR) is 115 cm³/mol. The van der Waals surface area contributed by atoms with Crippen molar-refractivity contribution in [3.63, 3.8) is 0 Å². The van der Waals surface area contributed by atoms with Crippen LogP contribution in [0.25, 0.3) is 6.08 Å². The molecule has 1 saturated carbocycles. The highest BCUT2D eigenvalue weighted by Gasteiger charge is 2.32. The molecular formula is C24H26N2O4. The Morgan fingerprint density at radius 1 is 1.17 bits per heavy atom. The zero-order valence-corrected chi connectivity index (χ0v) is 17.1. The minimum absolute atomic E-state index is 0.0366. The van der Waals surface area contributed by atoms with E-state index in [0.717, 1.165) is 31.2 Å². The lowest BCUT2D eigenvalue weighted by atomic mass is 9.95. The van der Waals surface area contributed by atoms with Crippen molar-refractivity contribution in [1.82, 2.24) is 5.32 Å². The highest BCUT2D eigenvalue weighted by atomic mass is 16.5. The van der Waals surface area contributed by atoms with Crippen LogP contribution in [0.15, 0.2) is 54.3 Å². The second-order valence-electron chi connectivity index (χ2n) is 7.65. The average molecular weight is 406 g/mol. The summed E-state index contributed by atoms with van der Waals surface area (Å²) in [5.74, 6) is 0.934. The normalized spacial score (nSPS) is 18.0. The van der Waals surface area contributed by atoms with Gasteiger partial charge in [0.25, 0.3) is 5.91 Å². The van der Waals surface area contributed by atoms with Crippen LogP contribution in [0.4, 0.5) is 5.69 Å². The van der Waals surface area contributed by atoms with Crippen LogP contribution in [0.3, 0.4) is 0 Å². The van der Waals surface area contributed by atoms with E-state index in [1.54, 1.807) is 25.3 Å². The predicted octanol–water partition coefficient (Wildman–Crippen LogP) is 3.91. The van der Waals surface area contributed by atoms with E-state index < -0.39 is 0 Å². The first kappa shape index (κ1) is 20.0. The van der Waals surface area contributed by atoms with Crippen molar-refractivity contribution in [1.29, 1.82) is 0 Å². The molecule has 0 spiro atoms. The first-order valence-electron chi connectivity index (χ1n) is 10.4. The summed E-state index contributed by atoms with van der Waals surface area (Å²) in [7, 11) is 1.59. The molecule has 2 amide bonds. The summed E-state index contributed by atoms with van der Waals surface area (Å²) >= 11 is 0. The van der Waals surface area contributed by atoms with Crippen molar-refractivity contribution in [2.75, 3.05) is 18.6 Å². The summed E-state index contributed by atoms with van der Waals surface area (Å²) in [4.78, 5) is 27.4. The molecule has 6 nitrogen and oxygen atoms in total. The van der Waals surface area contributed by atoms with E-state index in [1.807, 2.05) is 36.4 Å². The van der Waals surface area contributed by atoms with E-state index in [-0.39, 0.29) is 30.2 Å². The number of hydrogen-bond acceptors (Lipinski definition) is 4. The Morgan fingerprint density at radius 2 is 1.97 bits per heavy atom. The van der Waals surface area contributed by atoms with Crippen LogP contribution in [-0.2, 0) is 9.59 Å². The van der Waals surface area contributed by atoms with Crippen molar-refractivity contribution in [3.05, 3.63) is 59.9 Å². The number of para-hydroxylation sites is 2. The van der Waals surface area contributed by atoms with E-state index in [9.17, 15) is 9.59 Å². The zero-order chi connectivity index (χ0) is 20.9. The summed E-state index contributed by atoms with van der Waals surface area (Å²) in [6.07, 6.45) is 7.17. The van der Waals surface area contributed by atoms with Crippen LogP contribution in [0, 0.1) is 0 Å². The molecule has 0 atom stereocenters. The second kappa shape index (κ2) is 9.03. The Bertz CT molecular complexity index is 963. The maximum atomic E-state index is 13.2. The van der Waals surface area contributed by atoms with Gasteiger partial charge in [-0.3, -0.25) is 14.5 Å². The third-order valence-electron chi connectivity index (χ3n) is 5.50. The quantitative estimate of drug-likeness (QED) is 0.765. The van der Waals surface area contributed by atoms with Gasteiger partial charge in [-0.25, -0.2) is 0 Å². The fraction of sp³-hybridized carbons (Fsp3) is 0.333. The average Bonchev–Trinajstić information content (AvgIpc) is 2.77. The van der Waals surface area contributed by atoms with Gasteiger partial charge in [0, 0.05) is 6.04 Å². The second-order valence-corrected chi connectivity index (χ2v) is 7.65. The summed E-state index contributed by atoms with van der Waals surface area (Å²) < 4.78 is 11.1. The first-order valence-corrected chi connectivity index (χ1v) is 10.4. The maximum Gasteiger partial charge on any atom is 0.294 e. The minimum Gasteiger partial charge on any atom is -0.497 e. The van der Waals surface area contributed by atoms with Crippen LogP contribution >= 0.6 is 0 Å². The van der Waals surface area contributed by atoms with E-state index in [4.69, 9.17) is 9.47 Å². The van der Waals surface area contributed by atoms with Gasteiger partial charge in [0.1, 0.15) is 12.3 Å². The molecule has 156 valence electrons. The largest absolute Gasteiger partial charge is 0.497 e. The van der Waals surface area contributed by atoms with Crippen molar-refractivity contribution < 1.29 is 19.1 Å². The van der Waals surface area contributed by atoms with E-state index in [2.05, 4.69) is 5.32 Å². The number of methoxy groups -OCH3 is 1. The van der Waals surface area contributed by atoms with Crippen LogP contribution in [0.2, 0.25) is 0 Å². The lowest BCUT2D eigenvalue weighted by Gasteiger charge is -2.31. The first-order chi connectivity index (χ1) is 14.6. The van der Waals surface area contributed by atoms with Gasteiger partial charge in [0.2, 0.25) is 5.91 Å². The standard InChI is InChI=1S/C24H26N2O4/c1-29-19-11-7-8-17(14-19)15-22-24(28)26(20-12-5-6-13-21(20)30-22)16-23(27)25-18-9-3-2-4-10-18/h5-8,11-15,18H,2-4,9-10,16H2,1H3,(H,25,27). The summed E-state index contributed by atoms with van der Waals surface area (Å²) in [6.45, 7) is -0.0366. The molecule has 1 fully saturated rings. The molecule has 0 radical (unpaired) electrons. The number of carbonyl (C=O) groups is 2. The van der Waals surface area contributed by atoms with Crippen LogP contribution in [0.1, 0.15) is 37.7 Å². The molecule has 30 heavy (non-hydrogen) atoms. The van der Waals surface area contributed by atoms with Crippen molar-refractivity contribution >= 4 is 23.6 Å². The van der Waals surface area contributed by atoms with Crippen LogP contribution in [0.5, 0.6) is 11.5 Å². The Balaban J connectivity index is 1.57. The summed E-state index contributed by atoms with van der Waals surface area (Å²) in [6, 6.07) is 14.8. The van der Waals surface area contributed by atoms with E-state index in [1.165, 1.54) is 11.3 Å². The SMILES string of the molecule is COc1cccc(C=C2Oc3ccccc3N(CC(=O)NC3CCCCC3)C2=O)c1. The Labute approximate surface area is 176 Å². The van der Waals surface area contributed by atoms with Gasteiger partial charge in [-0.15, -0.1) is 0 Å². The Morgan fingerprint density at radius 3 is 2.77 bits per heavy atom. The van der Waals surface area contributed by atoms with Crippen molar-refractivity contribution in [2.24, 2.45) is 0 Å². The molecule has 0 saturated heterocycles. The zero-order valence-electron chi connectivity index (χ0n) is 17.1. The molecule has 2 aliphatic rings. The van der Waals surface area contributed by atoms with Gasteiger partial charge in [0.15, 0.2) is 11.5 Å². The molecule has 0 bridgehead atoms. The summed E-state index contributed by atoms with van der Waals surface area (Å²) in [5.41, 5.74) is 1.38. The number of ether oxygens (including phenoxy) is 2. The third kappa shape index (κ3) is 4.48. The van der Waals surface area contributed by atoms with Gasteiger partial charge < -0.3 is 14.8 Å². The van der Waals surface area contributed by atoms with Crippen LogP contribution < -0.4 is 19.7 Å². The lowest BCUT2D eigenvalue weighted by Crippen LogP contribution is -2.47. The molecule has 1 aliphatic heterocycles. The molecule has 1 heterocycles. The molecule has 2 aromatic carbocycles. The van der Waals surface area contributed by atoms with Gasteiger partial charge >= 0.3 is 0 Å². The van der Waals surface area contributed by atoms with Gasteiger partial charge in [-0.1, -0.05) is 43.5 Å². The molecule has 2 aromatic rings. The topological polar surface area (TPSA) is 67.9 Å². The molecular weight excluding hydrogens is 380 g/mol. The smallest absolute Gasteiger partial charge is 0.294 e. The van der Waals surface area contributed by atoms with Gasteiger partial charge in [-0.2, -0.15) is 0 Å². The molecule has 0 unspecified atom stereocenters. The third-order valence-corrected chi connectivity index (χ3v) is 5.50. The molecule has 0 aromatic heterocycles. The van der Waals surface area contributed by atoms with Crippen LogP contribution in [-0.4, -0.2) is 31.5 Å². The van der Waals surface area contributed by atoms with Gasteiger partial charge in [0.05, 0.1) is 12.8 Å². The number of carbonyl (C=O) groups excluding carboxylic acids is 2. The monoisotopic (exact) mass is 406 g/mol. The number of nitrogens with zero attached hydrogens (tertiary/aromatic N) is 1. The number of anilines is 1. The molecule has 4 rings (SSSR count). The number of benzene rings is 2. The fourth-order valence-electron chi connectivity index (χ4n) is 3.97. The number of rotatable bonds is 5.